The zero-order valence-electron chi connectivity index (χ0n) is 10.5. The van der Waals surface area contributed by atoms with E-state index in [1.165, 1.54) is 0 Å². The van der Waals surface area contributed by atoms with Crippen LogP contribution in [0.15, 0.2) is 0 Å². The molecule has 0 saturated carbocycles. The summed E-state index contributed by atoms with van der Waals surface area (Å²) in [4.78, 5) is 13.4. The first-order valence-electron chi connectivity index (χ1n) is 5.95. The van der Waals surface area contributed by atoms with Gasteiger partial charge in [0.1, 0.15) is 11.8 Å². The number of hydrogen-bond acceptors (Lipinski definition) is 3. The average Bonchev–Trinajstić information content (AvgIpc) is 2.12. The van der Waals surface area contributed by atoms with E-state index in [4.69, 9.17) is 4.74 Å². The Balaban J connectivity index is 2.21. The smallest absolute Gasteiger partial charge is 0.307 e. The minimum Gasteiger partial charge on any atom is -0.460 e. The fraction of sp³-hybridized carbons (Fsp3) is 0.917. The molecule has 16 heavy (non-hydrogen) atoms. The summed E-state index contributed by atoms with van der Waals surface area (Å²) < 4.78 is 18.3. The van der Waals surface area contributed by atoms with Crippen LogP contribution in [0.4, 0.5) is 4.39 Å². The lowest BCUT2D eigenvalue weighted by atomic mass is 10.1. The first kappa shape index (κ1) is 13.4. The maximum absolute atomic E-state index is 13.1. The standard InChI is InChI=1S/C12H22FNO2/c1-12(2,3)16-11(15)6-8-14-7-4-5-10(13)9-14/h10H,4-9H2,1-3H3. The number of carbonyl (C=O) groups excluding carboxylic acids is 1. The molecule has 0 amide bonds. The molecule has 0 aromatic rings. The van der Waals surface area contributed by atoms with Crippen LogP contribution < -0.4 is 0 Å². The molecule has 0 spiro atoms. The van der Waals surface area contributed by atoms with E-state index in [1.807, 2.05) is 25.7 Å². The van der Waals surface area contributed by atoms with Crippen molar-refractivity contribution in [1.29, 1.82) is 0 Å². The van der Waals surface area contributed by atoms with Gasteiger partial charge in [-0.25, -0.2) is 4.39 Å². The van der Waals surface area contributed by atoms with E-state index in [1.54, 1.807) is 0 Å². The quantitative estimate of drug-likeness (QED) is 0.697. The highest BCUT2D eigenvalue weighted by atomic mass is 19.1. The molecule has 1 fully saturated rings. The Hall–Kier alpha value is -0.640. The van der Waals surface area contributed by atoms with Gasteiger partial charge in [0.25, 0.3) is 0 Å². The summed E-state index contributed by atoms with van der Waals surface area (Å²) in [6, 6.07) is 0. The summed E-state index contributed by atoms with van der Waals surface area (Å²) >= 11 is 0. The van der Waals surface area contributed by atoms with Crippen LogP contribution in [0.25, 0.3) is 0 Å². The molecule has 0 N–H and O–H groups in total. The molecule has 1 heterocycles. The van der Waals surface area contributed by atoms with Gasteiger partial charge in [-0.3, -0.25) is 9.69 Å². The van der Waals surface area contributed by atoms with Crippen LogP contribution in [-0.2, 0) is 9.53 Å². The van der Waals surface area contributed by atoms with Gasteiger partial charge in [-0.15, -0.1) is 0 Å². The number of hydrogen-bond donors (Lipinski definition) is 0. The number of alkyl halides is 1. The fourth-order valence-corrected chi connectivity index (χ4v) is 1.84. The Morgan fingerprint density at radius 1 is 1.50 bits per heavy atom. The van der Waals surface area contributed by atoms with Crippen LogP contribution in [0, 0.1) is 0 Å². The number of nitrogens with zero attached hydrogens (tertiary/aromatic N) is 1. The van der Waals surface area contributed by atoms with Crippen LogP contribution in [-0.4, -0.2) is 42.3 Å². The molecular weight excluding hydrogens is 209 g/mol. The van der Waals surface area contributed by atoms with E-state index in [9.17, 15) is 9.18 Å². The molecule has 0 aliphatic carbocycles. The zero-order chi connectivity index (χ0) is 12.2. The van der Waals surface area contributed by atoms with Crippen molar-refractivity contribution in [3.8, 4) is 0 Å². The summed E-state index contributed by atoms with van der Waals surface area (Å²) in [5.74, 6) is -0.200. The van der Waals surface area contributed by atoms with Crippen molar-refractivity contribution in [1.82, 2.24) is 4.90 Å². The van der Waals surface area contributed by atoms with Crippen molar-refractivity contribution in [2.24, 2.45) is 0 Å². The monoisotopic (exact) mass is 231 g/mol. The van der Waals surface area contributed by atoms with E-state index in [0.717, 1.165) is 13.0 Å². The summed E-state index contributed by atoms with van der Waals surface area (Å²) in [6.07, 6.45) is 1.16. The molecular formula is C12H22FNO2. The number of esters is 1. The molecule has 4 heteroatoms. The van der Waals surface area contributed by atoms with E-state index in [0.29, 0.717) is 25.9 Å². The van der Waals surface area contributed by atoms with Gasteiger partial charge in [-0.05, 0) is 40.2 Å². The molecule has 1 aliphatic rings. The molecule has 0 aromatic carbocycles. The number of piperidine rings is 1. The molecule has 0 radical (unpaired) electrons. The van der Waals surface area contributed by atoms with Gasteiger partial charge in [-0.1, -0.05) is 0 Å². The summed E-state index contributed by atoms with van der Waals surface area (Å²) in [6.45, 7) is 7.51. The van der Waals surface area contributed by atoms with Gasteiger partial charge in [-0.2, -0.15) is 0 Å². The van der Waals surface area contributed by atoms with Crippen LogP contribution in [0.5, 0.6) is 0 Å². The molecule has 94 valence electrons. The first-order chi connectivity index (χ1) is 7.37. The van der Waals surface area contributed by atoms with Gasteiger partial charge >= 0.3 is 5.97 Å². The number of halogens is 1. The third kappa shape index (κ3) is 5.45. The Kier molecular flexibility index (Phi) is 4.71. The maximum atomic E-state index is 13.1. The topological polar surface area (TPSA) is 29.5 Å². The lowest BCUT2D eigenvalue weighted by Crippen LogP contribution is -2.38. The Morgan fingerprint density at radius 3 is 2.75 bits per heavy atom. The third-order valence-electron chi connectivity index (χ3n) is 2.50. The van der Waals surface area contributed by atoms with Crippen LogP contribution in [0.2, 0.25) is 0 Å². The fourth-order valence-electron chi connectivity index (χ4n) is 1.84. The second-order valence-corrected chi connectivity index (χ2v) is 5.38. The normalized spacial score (nSPS) is 23.1. The minimum absolute atomic E-state index is 0.200. The Bertz CT molecular complexity index is 238. The van der Waals surface area contributed by atoms with Gasteiger partial charge in [0.2, 0.25) is 0 Å². The van der Waals surface area contributed by atoms with Crippen LogP contribution in [0.1, 0.15) is 40.0 Å². The van der Waals surface area contributed by atoms with Crippen LogP contribution in [0.3, 0.4) is 0 Å². The highest BCUT2D eigenvalue weighted by Gasteiger charge is 2.21. The molecule has 1 rings (SSSR count). The molecule has 0 aromatic heterocycles. The van der Waals surface area contributed by atoms with Crippen molar-refractivity contribution in [2.75, 3.05) is 19.6 Å². The maximum Gasteiger partial charge on any atom is 0.307 e. The largest absolute Gasteiger partial charge is 0.460 e. The molecule has 0 bridgehead atoms. The predicted molar refractivity (Wildman–Crippen MR) is 61.0 cm³/mol. The molecule has 1 saturated heterocycles. The van der Waals surface area contributed by atoms with Crippen LogP contribution >= 0.6 is 0 Å². The number of likely N-dealkylation sites (tertiary alicyclic amines) is 1. The second-order valence-electron chi connectivity index (χ2n) is 5.38. The highest BCUT2D eigenvalue weighted by molar-refractivity contribution is 5.70. The number of rotatable bonds is 3. The van der Waals surface area contributed by atoms with E-state index in [2.05, 4.69) is 0 Å². The van der Waals surface area contributed by atoms with Gasteiger partial charge in [0.05, 0.1) is 6.42 Å². The number of carbonyl (C=O) groups is 1. The summed E-state index contributed by atoms with van der Waals surface area (Å²) in [7, 11) is 0. The van der Waals surface area contributed by atoms with Crippen molar-refractivity contribution in [3.63, 3.8) is 0 Å². The van der Waals surface area contributed by atoms with Gasteiger partial charge in [0.15, 0.2) is 0 Å². The van der Waals surface area contributed by atoms with Gasteiger partial charge < -0.3 is 4.74 Å². The minimum atomic E-state index is -0.729. The Morgan fingerprint density at radius 2 is 2.19 bits per heavy atom. The lowest BCUT2D eigenvalue weighted by Gasteiger charge is -2.29. The third-order valence-corrected chi connectivity index (χ3v) is 2.50. The predicted octanol–water partition coefficient (Wildman–Crippen LogP) is 2.15. The van der Waals surface area contributed by atoms with E-state index in [-0.39, 0.29) is 5.97 Å². The van der Waals surface area contributed by atoms with Crippen molar-refractivity contribution >= 4 is 5.97 Å². The average molecular weight is 231 g/mol. The zero-order valence-corrected chi connectivity index (χ0v) is 10.5. The van der Waals surface area contributed by atoms with Gasteiger partial charge in [0, 0.05) is 13.1 Å². The summed E-state index contributed by atoms with van der Waals surface area (Å²) in [5.41, 5.74) is -0.429. The summed E-state index contributed by atoms with van der Waals surface area (Å²) in [5, 5.41) is 0. The van der Waals surface area contributed by atoms with E-state index < -0.39 is 11.8 Å². The van der Waals surface area contributed by atoms with Crippen molar-refractivity contribution < 1.29 is 13.9 Å². The second kappa shape index (κ2) is 5.62. The first-order valence-corrected chi connectivity index (χ1v) is 5.95. The molecule has 1 unspecified atom stereocenters. The van der Waals surface area contributed by atoms with Crippen molar-refractivity contribution in [2.45, 2.75) is 51.8 Å². The van der Waals surface area contributed by atoms with E-state index >= 15 is 0 Å². The molecule has 1 atom stereocenters. The van der Waals surface area contributed by atoms with Crippen molar-refractivity contribution in [3.05, 3.63) is 0 Å². The molecule has 3 nitrogen and oxygen atoms in total. The lowest BCUT2D eigenvalue weighted by molar-refractivity contribution is -0.155. The highest BCUT2D eigenvalue weighted by Crippen LogP contribution is 2.14. The Labute approximate surface area is 96.9 Å². The molecule has 1 aliphatic heterocycles. The number of ether oxygens (including phenoxy) is 1. The SMILES string of the molecule is CC(C)(C)OC(=O)CCN1CCCC(F)C1.